The van der Waals surface area contributed by atoms with Crippen molar-refractivity contribution in [3.8, 4) is 0 Å². The van der Waals surface area contributed by atoms with Crippen LogP contribution in [0.5, 0.6) is 0 Å². The molecular weight excluding hydrogens is 270 g/mol. The summed E-state index contributed by atoms with van der Waals surface area (Å²) in [6.07, 6.45) is 5.56. The molecule has 3 nitrogen and oxygen atoms in total. The van der Waals surface area contributed by atoms with Crippen LogP contribution in [0.15, 0.2) is 28.9 Å². The first-order chi connectivity index (χ1) is 9.74. The van der Waals surface area contributed by atoms with E-state index < -0.39 is 0 Å². The Morgan fingerprint density at radius 2 is 2.20 bits per heavy atom. The van der Waals surface area contributed by atoms with Gasteiger partial charge in [0, 0.05) is 17.8 Å². The van der Waals surface area contributed by atoms with Crippen molar-refractivity contribution in [3.63, 3.8) is 0 Å². The van der Waals surface area contributed by atoms with Gasteiger partial charge in [-0.1, -0.05) is 20.3 Å². The average Bonchev–Trinajstić information content (AvgIpc) is 3.08. The fraction of sp³-hybridized carbons (Fsp3) is 0.438. The van der Waals surface area contributed by atoms with E-state index in [4.69, 9.17) is 4.42 Å². The van der Waals surface area contributed by atoms with Gasteiger partial charge in [-0.25, -0.2) is 0 Å². The maximum absolute atomic E-state index is 12.1. The van der Waals surface area contributed by atoms with E-state index in [0.717, 1.165) is 36.3 Å². The molecular formula is C16H21NO2S. The van der Waals surface area contributed by atoms with Gasteiger partial charge in [-0.15, -0.1) is 11.3 Å². The largest absolute Gasteiger partial charge is 0.469 e. The van der Waals surface area contributed by atoms with E-state index in [9.17, 15) is 4.79 Å². The van der Waals surface area contributed by atoms with Gasteiger partial charge in [0.25, 0.3) is 5.91 Å². The first-order valence-electron chi connectivity index (χ1n) is 7.16. The minimum Gasteiger partial charge on any atom is -0.469 e. The summed E-state index contributed by atoms with van der Waals surface area (Å²) in [4.78, 5) is 14.3. The highest BCUT2D eigenvalue weighted by Crippen LogP contribution is 2.24. The van der Waals surface area contributed by atoms with Gasteiger partial charge in [-0.05, 0) is 36.6 Å². The second kappa shape index (κ2) is 7.29. The molecule has 2 heterocycles. The number of hydrogen-bond acceptors (Lipinski definition) is 3. The number of hydrogen-bond donors (Lipinski definition) is 1. The van der Waals surface area contributed by atoms with Crippen LogP contribution < -0.4 is 5.32 Å². The molecule has 0 saturated heterocycles. The zero-order chi connectivity index (χ0) is 14.4. The first kappa shape index (κ1) is 14.9. The summed E-state index contributed by atoms with van der Waals surface area (Å²) >= 11 is 1.63. The SMILES string of the molecule is CCCc1sc(C(=O)NCCc2ccco2)cc1CC. The second-order valence-electron chi connectivity index (χ2n) is 4.75. The molecule has 0 fully saturated rings. The Balaban J connectivity index is 1.91. The number of amides is 1. The molecule has 0 aliphatic carbocycles. The Bertz CT molecular complexity index is 543. The number of thiophene rings is 1. The average molecular weight is 291 g/mol. The van der Waals surface area contributed by atoms with Crippen LogP contribution in [0.25, 0.3) is 0 Å². The predicted octanol–water partition coefficient (Wildman–Crippen LogP) is 3.83. The Kier molecular flexibility index (Phi) is 5.41. The van der Waals surface area contributed by atoms with Gasteiger partial charge in [0.2, 0.25) is 0 Å². The first-order valence-corrected chi connectivity index (χ1v) is 7.98. The summed E-state index contributed by atoms with van der Waals surface area (Å²) in [5.74, 6) is 0.927. The molecule has 2 aromatic rings. The third-order valence-electron chi connectivity index (χ3n) is 3.22. The third kappa shape index (κ3) is 3.73. The van der Waals surface area contributed by atoms with E-state index in [1.165, 1.54) is 10.4 Å². The fourth-order valence-electron chi connectivity index (χ4n) is 2.16. The van der Waals surface area contributed by atoms with E-state index in [1.807, 2.05) is 18.2 Å². The number of carbonyl (C=O) groups excluding carboxylic acids is 1. The Morgan fingerprint density at radius 1 is 1.35 bits per heavy atom. The van der Waals surface area contributed by atoms with E-state index in [-0.39, 0.29) is 5.91 Å². The van der Waals surface area contributed by atoms with Crippen LogP contribution in [0.2, 0.25) is 0 Å². The van der Waals surface area contributed by atoms with E-state index in [1.54, 1.807) is 17.6 Å². The highest BCUT2D eigenvalue weighted by molar-refractivity contribution is 7.14. The third-order valence-corrected chi connectivity index (χ3v) is 4.45. The number of furan rings is 1. The van der Waals surface area contributed by atoms with Crippen LogP contribution in [0.3, 0.4) is 0 Å². The van der Waals surface area contributed by atoms with Crippen LogP contribution in [-0.2, 0) is 19.3 Å². The molecule has 0 radical (unpaired) electrons. The molecule has 4 heteroatoms. The Labute approximate surface area is 124 Å². The van der Waals surface area contributed by atoms with Crippen molar-refractivity contribution < 1.29 is 9.21 Å². The molecule has 2 rings (SSSR count). The van der Waals surface area contributed by atoms with Crippen LogP contribution in [-0.4, -0.2) is 12.5 Å². The maximum atomic E-state index is 12.1. The van der Waals surface area contributed by atoms with Crippen molar-refractivity contribution >= 4 is 17.2 Å². The Morgan fingerprint density at radius 3 is 2.85 bits per heavy atom. The Hall–Kier alpha value is -1.55. The van der Waals surface area contributed by atoms with Crippen molar-refractivity contribution in [2.24, 2.45) is 0 Å². The number of nitrogens with one attached hydrogen (secondary N) is 1. The monoisotopic (exact) mass is 291 g/mol. The van der Waals surface area contributed by atoms with Gasteiger partial charge in [-0.2, -0.15) is 0 Å². The van der Waals surface area contributed by atoms with Crippen molar-refractivity contribution in [2.75, 3.05) is 6.54 Å². The quantitative estimate of drug-likeness (QED) is 0.842. The summed E-state index contributed by atoms with van der Waals surface area (Å²) in [7, 11) is 0. The van der Waals surface area contributed by atoms with Gasteiger partial charge in [0.15, 0.2) is 0 Å². The summed E-state index contributed by atoms with van der Waals surface area (Å²) in [6.45, 7) is 4.91. The zero-order valence-corrected chi connectivity index (χ0v) is 12.9. The van der Waals surface area contributed by atoms with E-state index >= 15 is 0 Å². The molecule has 20 heavy (non-hydrogen) atoms. The maximum Gasteiger partial charge on any atom is 0.261 e. The minimum absolute atomic E-state index is 0.0265. The van der Waals surface area contributed by atoms with E-state index in [2.05, 4.69) is 19.2 Å². The molecule has 0 unspecified atom stereocenters. The van der Waals surface area contributed by atoms with Crippen LogP contribution >= 0.6 is 11.3 Å². The van der Waals surface area contributed by atoms with Gasteiger partial charge in [0.1, 0.15) is 5.76 Å². The lowest BCUT2D eigenvalue weighted by molar-refractivity contribution is 0.0957. The summed E-state index contributed by atoms with van der Waals surface area (Å²) < 4.78 is 5.24. The summed E-state index contributed by atoms with van der Waals surface area (Å²) in [5.41, 5.74) is 1.31. The number of aryl methyl sites for hydroxylation is 2. The van der Waals surface area contributed by atoms with Gasteiger partial charge >= 0.3 is 0 Å². The minimum atomic E-state index is 0.0265. The summed E-state index contributed by atoms with van der Waals surface area (Å²) in [6, 6.07) is 5.82. The normalized spacial score (nSPS) is 10.7. The number of rotatable bonds is 7. The molecule has 0 atom stereocenters. The standard InChI is InChI=1S/C16H21NO2S/c1-3-6-14-12(4-2)11-15(20-14)16(18)17-9-8-13-7-5-10-19-13/h5,7,10-11H,3-4,6,8-9H2,1-2H3,(H,17,18). The predicted molar refractivity (Wildman–Crippen MR) is 82.4 cm³/mol. The van der Waals surface area contributed by atoms with Crippen LogP contribution in [0.4, 0.5) is 0 Å². The van der Waals surface area contributed by atoms with Crippen molar-refractivity contribution in [3.05, 3.63) is 45.5 Å². The fourth-order valence-corrected chi connectivity index (χ4v) is 3.43. The summed E-state index contributed by atoms with van der Waals surface area (Å²) in [5, 5.41) is 2.96. The van der Waals surface area contributed by atoms with Gasteiger partial charge < -0.3 is 9.73 Å². The number of carbonyl (C=O) groups is 1. The van der Waals surface area contributed by atoms with Crippen molar-refractivity contribution in [1.29, 1.82) is 0 Å². The smallest absolute Gasteiger partial charge is 0.261 e. The molecule has 0 aliphatic rings. The highest BCUT2D eigenvalue weighted by Gasteiger charge is 2.13. The van der Waals surface area contributed by atoms with Crippen LogP contribution in [0.1, 0.15) is 46.1 Å². The zero-order valence-electron chi connectivity index (χ0n) is 12.1. The highest BCUT2D eigenvalue weighted by atomic mass is 32.1. The van der Waals surface area contributed by atoms with Crippen molar-refractivity contribution in [2.45, 2.75) is 39.5 Å². The molecule has 0 aromatic carbocycles. The molecule has 0 saturated carbocycles. The van der Waals surface area contributed by atoms with Crippen molar-refractivity contribution in [1.82, 2.24) is 5.32 Å². The topological polar surface area (TPSA) is 42.2 Å². The molecule has 2 aromatic heterocycles. The lowest BCUT2D eigenvalue weighted by atomic mass is 10.1. The van der Waals surface area contributed by atoms with Gasteiger partial charge in [0.05, 0.1) is 11.1 Å². The molecule has 108 valence electrons. The van der Waals surface area contributed by atoms with Crippen LogP contribution in [0, 0.1) is 0 Å². The van der Waals surface area contributed by atoms with E-state index in [0.29, 0.717) is 6.54 Å². The van der Waals surface area contributed by atoms with Gasteiger partial charge in [-0.3, -0.25) is 4.79 Å². The second-order valence-corrected chi connectivity index (χ2v) is 5.88. The molecule has 1 amide bonds. The molecule has 0 spiro atoms. The molecule has 1 N–H and O–H groups in total. The molecule has 0 aliphatic heterocycles. The lowest BCUT2D eigenvalue weighted by Gasteiger charge is -2.01. The lowest BCUT2D eigenvalue weighted by Crippen LogP contribution is -2.24. The molecule has 0 bridgehead atoms.